The lowest BCUT2D eigenvalue weighted by atomic mass is 9.98. The number of nitrogens with zero attached hydrogens (tertiary/aromatic N) is 4. The van der Waals surface area contributed by atoms with Crippen molar-refractivity contribution in [3.05, 3.63) is 0 Å². The van der Waals surface area contributed by atoms with E-state index in [4.69, 9.17) is 15.3 Å². The fraction of sp³-hybridized carbons (Fsp3) is 0.754. The highest BCUT2D eigenvalue weighted by atomic mass is 16.4. The summed E-state index contributed by atoms with van der Waals surface area (Å²) in [6.07, 6.45) is -2.71. The average molecular weight is 1210 g/mol. The Labute approximate surface area is 497 Å². The summed E-state index contributed by atoms with van der Waals surface area (Å²) >= 11 is 0. The van der Waals surface area contributed by atoms with Crippen LogP contribution in [0.25, 0.3) is 0 Å². The number of carbonyl (C=O) groups is 14. The average Bonchev–Trinajstić information content (AvgIpc) is 3.47. The van der Waals surface area contributed by atoms with Gasteiger partial charge in [-0.25, -0.2) is 0 Å². The fourth-order valence-corrected chi connectivity index (χ4v) is 9.68. The summed E-state index contributed by atoms with van der Waals surface area (Å²) in [5, 5.41) is 66.0. The van der Waals surface area contributed by atoms with Crippen LogP contribution in [-0.2, 0) is 67.1 Å². The molecule has 4 unspecified atom stereocenters. The summed E-state index contributed by atoms with van der Waals surface area (Å²) in [5.41, 5.74) is 0. The second-order valence-corrected chi connectivity index (χ2v) is 22.3. The summed E-state index contributed by atoms with van der Waals surface area (Å²) in [6.45, 7) is 12.7. The molecule has 0 saturated carbocycles. The molecule has 0 heterocycles. The van der Waals surface area contributed by atoms with E-state index in [2.05, 4.69) is 21.3 Å². The van der Waals surface area contributed by atoms with Gasteiger partial charge in [0.1, 0.15) is 24.2 Å². The van der Waals surface area contributed by atoms with Gasteiger partial charge in [0.05, 0.1) is 0 Å². The number of carbonyl (C=O) groups excluding carboxylic acids is 8. The van der Waals surface area contributed by atoms with Gasteiger partial charge in [0.25, 0.3) is 0 Å². The first kappa shape index (κ1) is 77.6. The van der Waals surface area contributed by atoms with Gasteiger partial charge in [0.2, 0.25) is 47.3 Å². The van der Waals surface area contributed by atoms with Crippen LogP contribution in [0.4, 0.5) is 0 Å². The minimum absolute atomic E-state index is 0.00967. The van der Waals surface area contributed by atoms with E-state index in [0.717, 1.165) is 0 Å². The van der Waals surface area contributed by atoms with Crippen LogP contribution < -0.4 is 21.3 Å². The van der Waals surface area contributed by atoms with Crippen molar-refractivity contribution in [1.29, 1.82) is 0 Å². The monoisotopic (exact) mass is 1210 g/mol. The molecule has 85 heavy (non-hydrogen) atoms. The van der Waals surface area contributed by atoms with Gasteiger partial charge in [-0.1, -0.05) is 55.4 Å². The zero-order valence-electron chi connectivity index (χ0n) is 50.9. The molecule has 4 atom stereocenters. The number of nitrogens with one attached hydrogen (secondary N) is 4. The van der Waals surface area contributed by atoms with Gasteiger partial charge in [-0.15, -0.1) is 0 Å². The topological polar surface area (TPSA) is 421 Å². The summed E-state index contributed by atoms with van der Waals surface area (Å²) < 4.78 is 0. The Kier molecular flexibility index (Phi) is 38.7. The predicted molar refractivity (Wildman–Crippen MR) is 307 cm³/mol. The number of rotatable bonds is 48. The first-order chi connectivity index (χ1) is 39.8. The van der Waals surface area contributed by atoms with Crippen LogP contribution in [0.1, 0.15) is 177 Å². The van der Waals surface area contributed by atoms with Gasteiger partial charge in [0.15, 0.2) is 0 Å². The Hall–Kier alpha value is -7.42. The molecule has 0 fully saturated rings. The minimum Gasteiger partial charge on any atom is -0.481 e. The summed E-state index contributed by atoms with van der Waals surface area (Å²) in [4.78, 5) is 184. The highest BCUT2D eigenvalue weighted by Gasteiger charge is 2.37. The molecule has 0 aliphatic carbocycles. The second-order valence-electron chi connectivity index (χ2n) is 22.3. The zero-order chi connectivity index (χ0) is 64.9. The zero-order valence-corrected chi connectivity index (χ0v) is 50.9. The van der Waals surface area contributed by atoms with E-state index < -0.39 is 131 Å². The molecule has 0 aromatic carbocycles. The quantitative estimate of drug-likeness (QED) is 0.0392. The third-order valence-electron chi connectivity index (χ3n) is 13.6. The smallest absolute Gasteiger partial charge is 0.303 e. The lowest BCUT2D eigenvalue weighted by Crippen LogP contribution is -2.54. The fourth-order valence-electron chi connectivity index (χ4n) is 9.68. The molecule has 28 nitrogen and oxygen atoms in total. The molecular weight excluding hydrogens is 1120 g/mol. The van der Waals surface area contributed by atoms with Crippen LogP contribution in [0.15, 0.2) is 0 Å². The molecule has 0 saturated heterocycles. The maximum absolute atomic E-state index is 14.6. The molecule has 484 valence electrons. The van der Waals surface area contributed by atoms with Crippen molar-refractivity contribution in [2.75, 3.05) is 52.4 Å². The molecule has 0 spiro atoms. The highest BCUT2D eigenvalue weighted by molar-refractivity contribution is 5.91. The van der Waals surface area contributed by atoms with Crippen molar-refractivity contribution in [2.45, 2.75) is 202 Å². The maximum Gasteiger partial charge on any atom is 0.303 e. The van der Waals surface area contributed by atoms with Crippen molar-refractivity contribution < 1.29 is 97.8 Å². The van der Waals surface area contributed by atoms with E-state index in [0.29, 0.717) is 0 Å². The van der Waals surface area contributed by atoms with Crippen LogP contribution in [0.5, 0.6) is 0 Å². The summed E-state index contributed by atoms with van der Waals surface area (Å²) in [7, 11) is 0. The molecule has 0 radical (unpaired) electrons. The standard InChI is InChI=1S/C57H96N8O20/c1-36(2)50(54(82)58-28-10-20-42(68)64(34-16-26-48(78)79)52(38(5)6)56(84)60-30-12-23-45(72)73)62(32-14-21-43(69)65(35-17-27-49(80)81)53(39(7)8)57(85)61-31-13-24-46(74)75)40(66)18-9-19-41(67)63(33-15-25-47(76)77)51(37(3)4)55(83)59-29-11-22-44(70)71/h36-39,50-53H,9-35H2,1-8H3,(H,58,82)(H,59,83)(H,60,84)(H,61,85)(H,70,71)(H,72,73)(H,74,75)(H,76,77)(H,78,79)(H,80,81). The van der Waals surface area contributed by atoms with Crippen LogP contribution in [0.2, 0.25) is 0 Å². The molecule has 0 rings (SSSR count). The van der Waals surface area contributed by atoms with Gasteiger partial charge in [-0.3, -0.25) is 67.1 Å². The molecule has 0 aliphatic heterocycles. The van der Waals surface area contributed by atoms with Crippen molar-refractivity contribution in [2.24, 2.45) is 23.7 Å². The van der Waals surface area contributed by atoms with E-state index in [-0.39, 0.29) is 174 Å². The first-order valence-electron chi connectivity index (χ1n) is 29.4. The Morgan fingerprint density at radius 2 is 0.424 bits per heavy atom. The predicted octanol–water partition coefficient (Wildman–Crippen LogP) is 2.78. The number of amides is 8. The number of hydrogen-bond acceptors (Lipinski definition) is 14. The molecule has 0 aromatic heterocycles. The summed E-state index contributed by atoms with van der Waals surface area (Å²) in [6, 6.07) is -4.48. The van der Waals surface area contributed by atoms with Crippen molar-refractivity contribution >= 4 is 83.1 Å². The van der Waals surface area contributed by atoms with Gasteiger partial charge < -0.3 is 71.5 Å². The number of carboxylic acids is 6. The van der Waals surface area contributed by atoms with Crippen molar-refractivity contribution in [3.63, 3.8) is 0 Å². The third-order valence-corrected chi connectivity index (χ3v) is 13.6. The number of aliphatic carboxylic acids is 6. The number of hydrogen-bond donors (Lipinski definition) is 10. The molecular formula is C57H96N8O20. The molecule has 0 aliphatic rings. The normalized spacial score (nSPS) is 12.6. The van der Waals surface area contributed by atoms with E-state index in [9.17, 15) is 82.4 Å². The van der Waals surface area contributed by atoms with Gasteiger partial charge >= 0.3 is 35.8 Å². The molecule has 10 N–H and O–H groups in total. The van der Waals surface area contributed by atoms with Gasteiger partial charge in [0, 0.05) is 117 Å². The Balaban J connectivity index is 7.05. The Morgan fingerprint density at radius 3 is 0.624 bits per heavy atom. The third kappa shape index (κ3) is 32.4. The largest absolute Gasteiger partial charge is 0.481 e. The van der Waals surface area contributed by atoms with Crippen molar-refractivity contribution in [3.8, 4) is 0 Å². The van der Waals surface area contributed by atoms with Crippen LogP contribution in [-0.4, -0.2) is 210 Å². The minimum atomic E-state index is -1.23. The second kappa shape index (κ2) is 42.4. The SMILES string of the molecule is CC(C)C(C(=O)NCCCC(=O)O)N(CCCC(=O)O)C(=O)CCCNC(=O)C(C(C)C)N(CCCC(=O)N(CCCC(=O)O)C(C(=O)NCCCC(=O)O)C(C)C)C(=O)CCCC(=O)N(CCCC(=O)O)C(C(=O)NCCCC(=O)O)C(C)C. The highest BCUT2D eigenvalue weighted by Crippen LogP contribution is 2.22. The maximum atomic E-state index is 14.6. The van der Waals surface area contributed by atoms with Crippen LogP contribution in [0, 0.1) is 23.7 Å². The summed E-state index contributed by atoms with van der Waals surface area (Å²) in [5.74, 6) is -13.4. The lowest BCUT2D eigenvalue weighted by Gasteiger charge is -2.35. The van der Waals surface area contributed by atoms with E-state index in [1.54, 1.807) is 55.4 Å². The molecule has 0 aromatic rings. The van der Waals surface area contributed by atoms with E-state index in [1.165, 1.54) is 19.6 Å². The Bertz CT molecular complexity index is 2220. The van der Waals surface area contributed by atoms with Crippen LogP contribution in [0.3, 0.4) is 0 Å². The molecule has 0 bridgehead atoms. The van der Waals surface area contributed by atoms with Gasteiger partial charge in [-0.2, -0.15) is 0 Å². The molecule has 28 heteroatoms. The first-order valence-corrected chi connectivity index (χ1v) is 29.4. The van der Waals surface area contributed by atoms with Gasteiger partial charge in [-0.05, 0) is 81.5 Å². The van der Waals surface area contributed by atoms with E-state index in [1.807, 2.05) is 0 Å². The van der Waals surface area contributed by atoms with E-state index >= 15 is 0 Å². The lowest BCUT2D eigenvalue weighted by molar-refractivity contribution is -0.145. The Morgan fingerprint density at radius 1 is 0.259 bits per heavy atom. The van der Waals surface area contributed by atoms with Crippen LogP contribution >= 0.6 is 0 Å². The molecule has 8 amide bonds. The van der Waals surface area contributed by atoms with Crippen molar-refractivity contribution in [1.82, 2.24) is 40.9 Å². The number of carboxylic acid groups (broad SMARTS) is 6.